The summed E-state index contributed by atoms with van der Waals surface area (Å²) in [6.45, 7) is 4.82. The fraction of sp³-hybridized carbons (Fsp3) is 0.310. The Hall–Kier alpha value is -3.51. The highest BCUT2D eigenvalue weighted by Crippen LogP contribution is 2.33. The number of nitrogens with zero attached hydrogens (tertiary/aromatic N) is 3. The Morgan fingerprint density at radius 1 is 0.975 bits per heavy atom. The van der Waals surface area contributed by atoms with E-state index in [1.807, 2.05) is 60.9 Å². The summed E-state index contributed by atoms with van der Waals surface area (Å²) in [5, 5.41) is 0. The summed E-state index contributed by atoms with van der Waals surface area (Å²) < 4.78 is 47.3. The van der Waals surface area contributed by atoms with Gasteiger partial charge in [-0.05, 0) is 43.7 Å². The summed E-state index contributed by atoms with van der Waals surface area (Å²) in [7, 11) is 0.944. The molecule has 9 nitrogen and oxygen atoms in total. The van der Waals surface area contributed by atoms with Gasteiger partial charge in [-0.25, -0.2) is 8.42 Å². The number of methoxy groups -OCH3 is 3. The van der Waals surface area contributed by atoms with E-state index in [-0.39, 0.29) is 23.0 Å². The van der Waals surface area contributed by atoms with E-state index in [2.05, 4.69) is 4.99 Å². The first-order valence-electron chi connectivity index (χ1n) is 12.7. The van der Waals surface area contributed by atoms with Crippen LogP contribution in [-0.4, -0.2) is 57.2 Å². The van der Waals surface area contributed by atoms with Crippen LogP contribution in [0.5, 0.6) is 11.5 Å². The summed E-state index contributed by atoms with van der Waals surface area (Å²) in [6, 6.07) is 18.8. The summed E-state index contributed by atoms with van der Waals surface area (Å²) >= 11 is 1.34. The monoisotopic (exact) mass is 583 g/mol. The van der Waals surface area contributed by atoms with Gasteiger partial charge in [0.1, 0.15) is 0 Å². The summed E-state index contributed by atoms with van der Waals surface area (Å²) in [4.78, 5) is 18.2. The molecule has 0 N–H and O–H groups in total. The molecular weight excluding hydrogens is 550 g/mol. The zero-order valence-electron chi connectivity index (χ0n) is 23.2. The van der Waals surface area contributed by atoms with E-state index in [4.69, 9.17) is 14.2 Å². The van der Waals surface area contributed by atoms with Crippen molar-refractivity contribution in [3.63, 3.8) is 0 Å². The average Bonchev–Trinajstić information content (AvgIpc) is 3.29. The normalized spacial score (nSPS) is 12.4. The maximum Gasteiger partial charge on any atom is 0.279 e. The Labute approximate surface area is 238 Å². The standard InChI is InChI=1S/C29H33N3O6S2/c1-20(2)32(19-21-9-7-6-8-10-21)40(34,35)23-13-11-22(12-14-23)28(33)30-29-31(15-16-36-3)24-17-25(37-4)26(38-5)18-27(24)39-29/h6-14,17-18,20H,15-16,19H2,1-5H3. The minimum Gasteiger partial charge on any atom is -0.493 e. The number of hydrogen-bond donors (Lipinski definition) is 0. The molecule has 0 aliphatic carbocycles. The van der Waals surface area contributed by atoms with E-state index in [1.165, 1.54) is 39.9 Å². The van der Waals surface area contributed by atoms with Crippen molar-refractivity contribution in [1.82, 2.24) is 8.87 Å². The number of thiazole rings is 1. The van der Waals surface area contributed by atoms with Crippen LogP contribution in [0.15, 0.2) is 76.6 Å². The Kier molecular flexibility index (Phi) is 9.41. The molecule has 40 heavy (non-hydrogen) atoms. The number of fused-ring (bicyclic) bond motifs is 1. The fourth-order valence-electron chi connectivity index (χ4n) is 4.25. The van der Waals surface area contributed by atoms with Crippen LogP contribution in [0.2, 0.25) is 0 Å². The number of sulfonamides is 1. The second kappa shape index (κ2) is 12.8. The second-order valence-electron chi connectivity index (χ2n) is 9.27. The first-order valence-corrected chi connectivity index (χ1v) is 14.9. The van der Waals surface area contributed by atoms with Crippen molar-refractivity contribution < 1.29 is 27.4 Å². The third-order valence-electron chi connectivity index (χ3n) is 6.37. The van der Waals surface area contributed by atoms with Crippen LogP contribution in [0.3, 0.4) is 0 Å². The van der Waals surface area contributed by atoms with Crippen LogP contribution in [0.4, 0.5) is 0 Å². The first-order chi connectivity index (χ1) is 19.2. The van der Waals surface area contributed by atoms with Gasteiger partial charge in [0.15, 0.2) is 16.3 Å². The van der Waals surface area contributed by atoms with Gasteiger partial charge in [0.25, 0.3) is 5.91 Å². The number of benzene rings is 3. The van der Waals surface area contributed by atoms with Gasteiger partial charge in [0.2, 0.25) is 10.0 Å². The van der Waals surface area contributed by atoms with Crippen molar-refractivity contribution in [2.45, 2.75) is 37.9 Å². The van der Waals surface area contributed by atoms with E-state index >= 15 is 0 Å². The maximum absolute atomic E-state index is 13.5. The number of amides is 1. The van der Waals surface area contributed by atoms with Crippen LogP contribution in [0, 0.1) is 0 Å². The molecule has 0 radical (unpaired) electrons. The predicted molar refractivity (Wildman–Crippen MR) is 155 cm³/mol. The maximum atomic E-state index is 13.5. The Balaban J connectivity index is 1.67. The van der Waals surface area contributed by atoms with Crippen molar-refractivity contribution in [2.24, 2.45) is 4.99 Å². The number of carbonyl (C=O) groups excluding carboxylic acids is 1. The molecule has 4 rings (SSSR count). The van der Waals surface area contributed by atoms with Gasteiger partial charge in [-0.2, -0.15) is 9.30 Å². The van der Waals surface area contributed by atoms with Crippen LogP contribution in [0.25, 0.3) is 10.2 Å². The van der Waals surface area contributed by atoms with E-state index in [1.54, 1.807) is 21.3 Å². The molecule has 1 aromatic heterocycles. The van der Waals surface area contributed by atoms with Gasteiger partial charge < -0.3 is 18.8 Å². The van der Waals surface area contributed by atoms with Crippen LogP contribution in [0.1, 0.15) is 29.8 Å². The number of ether oxygens (including phenoxy) is 3. The predicted octanol–water partition coefficient (Wildman–Crippen LogP) is 4.71. The van der Waals surface area contributed by atoms with Gasteiger partial charge in [-0.1, -0.05) is 41.7 Å². The van der Waals surface area contributed by atoms with Crippen LogP contribution in [-0.2, 0) is 27.8 Å². The zero-order valence-corrected chi connectivity index (χ0v) is 24.8. The van der Waals surface area contributed by atoms with Crippen LogP contribution >= 0.6 is 11.3 Å². The van der Waals surface area contributed by atoms with Crippen molar-refractivity contribution >= 4 is 37.5 Å². The molecule has 0 bridgehead atoms. The Morgan fingerprint density at radius 3 is 2.23 bits per heavy atom. The lowest BCUT2D eigenvalue weighted by atomic mass is 10.2. The SMILES string of the molecule is COCCn1c(=NC(=O)c2ccc(S(=O)(=O)N(Cc3ccccc3)C(C)C)cc2)sc2cc(OC)c(OC)cc21. The van der Waals surface area contributed by atoms with Crippen molar-refractivity contribution in [1.29, 1.82) is 0 Å². The van der Waals surface area contributed by atoms with E-state index in [0.717, 1.165) is 15.8 Å². The van der Waals surface area contributed by atoms with Crippen molar-refractivity contribution in [2.75, 3.05) is 27.9 Å². The van der Waals surface area contributed by atoms with Gasteiger partial charge in [0.05, 0.1) is 35.9 Å². The first kappa shape index (κ1) is 29.5. The third-order valence-corrected chi connectivity index (χ3v) is 9.45. The molecule has 11 heteroatoms. The lowest BCUT2D eigenvalue weighted by molar-refractivity contribution is 0.0997. The van der Waals surface area contributed by atoms with Gasteiger partial charge in [0, 0.05) is 43.9 Å². The molecular formula is C29H33N3O6S2. The minimum atomic E-state index is -3.80. The minimum absolute atomic E-state index is 0.116. The van der Waals surface area contributed by atoms with E-state index in [0.29, 0.717) is 29.5 Å². The van der Waals surface area contributed by atoms with Crippen LogP contribution < -0.4 is 14.3 Å². The molecule has 0 saturated carbocycles. The number of hydrogen-bond acceptors (Lipinski definition) is 7. The second-order valence-corrected chi connectivity index (χ2v) is 12.2. The topological polar surface area (TPSA) is 99.4 Å². The van der Waals surface area contributed by atoms with Gasteiger partial charge in [-0.3, -0.25) is 4.79 Å². The molecule has 1 heterocycles. The third kappa shape index (κ3) is 6.28. The smallest absolute Gasteiger partial charge is 0.279 e. The largest absolute Gasteiger partial charge is 0.493 e. The molecule has 0 fully saturated rings. The van der Waals surface area contributed by atoms with E-state index < -0.39 is 15.9 Å². The zero-order chi connectivity index (χ0) is 28.9. The van der Waals surface area contributed by atoms with E-state index in [9.17, 15) is 13.2 Å². The lowest BCUT2D eigenvalue weighted by Crippen LogP contribution is -2.36. The molecule has 0 atom stereocenters. The fourth-order valence-corrected chi connectivity index (χ4v) is 6.94. The number of rotatable bonds is 11. The Morgan fingerprint density at radius 2 is 1.62 bits per heavy atom. The van der Waals surface area contributed by atoms with Gasteiger partial charge in [-0.15, -0.1) is 0 Å². The highest BCUT2D eigenvalue weighted by atomic mass is 32.2. The lowest BCUT2D eigenvalue weighted by Gasteiger charge is -2.26. The molecule has 0 unspecified atom stereocenters. The molecule has 3 aromatic carbocycles. The average molecular weight is 584 g/mol. The molecule has 212 valence electrons. The molecule has 0 aliphatic heterocycles. The molecule has 4 aromatic rings. The summed E-state index contributed by atoms with van der Waals surface area (Å²) in [5.41, 5.74) is 2.01. The summed E-state index contributed by atoms with van der Waals surface area (Å²) in [6.07, 6.45) is 0. The highest BCUT2D eigenvalue weighted by Gasteiger charge is 2.27. The van der Waals surface area contributed by atoms with Gasteiger partial charge >= 0.3 is 0 Å². The highest BCUT2D eigenvalue weighted by molar-refractivity contribution is 7.89. The summed E-state index contributed by atoms with van der Waals surface area (Å²) in [5.74, 6) is 0.662. The number of aromatic nitrogens is 1. The molecule has 0 saturated heterocycles. The van der Waals surface area contributed by atoms with Crippen molar-refractivity contribution in [3.05, 3.63) is 82.7 Å². The molecule has 1 amide bonds. The number of carbonyl (C=O) groups is 1. The molecule has 0 spiro atoms. The Bertz CT molecular complexity index is 1640. The van der Waals surface area contributed by atoms with Crippen molar-refractivity contribution in [3.8, 4) is 11.5 Å². The molecule has 0 aliphatic rings. The quantitative estimate of drug-likeness (QED) is 0.254.